The van der Waals surface area contributed by atoms with Crippen LogP contribution in [0.1, 0.15) is 0 Å². The fourth-order valence-corrected chi connectivity index (χ4v) is 0. The molecule has 0 bridgehead atoms. The second-order valence-electron chi connectivity index (χ2n) is 0.302. The molecule has 0 amide bonds. The van der Waals surface area contributed by atoms with Crippen molar-refractivity contribution in [3.05, 3.63) is 4.85 Å². The minimum Gasteiger partial charge on any atom is -1.00 e. The minimum atomic E-state index is 0. The molecule has 38 valence electrons. The smallest absolute Gasteiger partial charge is 0.336 e. The topological polar surface area (TPSA) is 4.36 Å². The maximum atomic E-state index is 4.89. The van der Waals surface area contributed by atoms with Crippen molar-refractivity contribution < 1.29 is 12.4 Å². The number of alkyl halides is 1. The molecule has 0 spiro atoms. The van der Waals surface area contributed by atoms with E-state index in [0.717, 1.165) is 0 Å². The first-order valence-electron chi connectivity index (χ1n) is 0.842. The SMILES string of the molecule is C#[N+]CCl.Cl.[Cl-]. The maximum Gasteiger partial charge on any atom is 0.336 e. The minimum absolute atomic E-state index is 0. The van der Waals surface area contributed by atoms with Crippen molar-refractivity contribution in [2.24, 2.45) is 0 Å². The number of halogens is 3. The van der Waals surface area contributed by atoms with Gasteiger partial charge in [-0.1, -0.05) is 4.85 Å². The molecule has 0 atom stereocenters. The molecule has 4 heteroatoms. The molecule has 0 saturated heterocycles. The first kappa shape index (κ1) is 16.2. The van der Waals surface area contributed by atoms with Gasteiger partial charge in [0.25, 0.3) is 6.57 Å². The highest BCUT2D eigenvalue weighted by atomic mass is 35.5. The molecule has 0 aromatic rings. The van der Waals surface area contributed by atoms with Crippen LogP contribution in [0.3, 0.4) is 0 Å². The van der Waals surface area contributed by atoms with Gasteiger partial charge in [-0.25, -0.2) is 0 Å². The highest BCUT2D eigenvalue weighted by Gasteiger charge is 1.63. The van der Waals surface area contributed by atoms with E-state index in [1.807, 2.05) is 0 Å². The first-order chi connectivity index (χ1) is 1.91. The van der Waals surface area contributed by atoms with E-state index in [-0.39, 0.29) is 30.8 Å². The zero-order valence-electron chi connectivity index (χ0n) is 2.90. The Morgan fingerprint density at radius 3 is 1.83 bits per heavy atom. The van der Waals surface area contributed by atoms with Gasteiger partial charge < -0.3 is 12.4 Å². The van der Waals surface area contributed by atoms with Crippen LogP contribution in [0.15, 0.2) is 0 Å². The van der Waals surface area contributed by atoms with Crippen LogP contribution in [0.2, 0.25) is 0 Å². The Labute approximate surface area is 54.3 Å². The number of rotatable bonds is 0. The van der Waals surface area contributed by atoms with Crippen molar-refractivity contribution >= 4 is 24.0 Å². The monoisotopic (exact) mass is 147 g/mol. The molecule has 1 nitrogen and oxygen atoms in total. The lowest BCUT2D eigenvalue weighted by Crippen LogP contribution is -3.00. The van der Waals surface area contributed by atoms with Gasteiger partial charge in [-0.2, -0.15) is 0 Å². The van der Waals surface area contributed by atoms with Crippen molar-refractivity contribution in [3.8, 4) is 6.57 Å². The van der Waals surface area contributed by atoms with E-state index in [1.165, 1.54) is 0 Å². The Kier molecular flexibility index (Phi) is 49.3. The first-order valence-corrected chi connectivity index (χ1v) is 1.38. The molecule has 0 aliphatic rings. The Hall–Kier alpha value is 0.360. The van der Waals surface area contributed by atoms with Crippen LogP contribution < -0.4 is 12.4 Å². The fourth-order valence-electron chi connectivity index (χ4n) is 0. The summed E-state index contributed by atoms with van der Waals surface area (Å²) in [7, 11) is 0. The van der Waals surface area contributed by atoms with Gasteiger partial charge in [0.2, 0.25) is 0 Å². The summed E-state index contributed by atoms with van der Waals surface area (Å²) in [6.45, 7) is 4.52. The van der Waals surface area contributed by atoms with Crippen LogP contribution in [-0.4, -0.2) is 6.00 Å². The predicted octanol–water partition coefficient (Wildman–Crippen LogP) is -1.43. The van der Waals surface area contributed by atoms with E-state index in [4.69, 9.17) is 11.6 Å². The van der Waals surface area contributed by atoms with Crippen LogP contribution in [0, 0.1) is 6.57 Å². The van der Waals surface area contributed by atoms with Gasteiger partial charge in [-0.15, -0.1) is 12.4 Å². The molecule has 0 aromatic heterocycles. The van der Waals surface area contributed by atoms with Gasteiger partial charge in [0, 0.05) is 0 Å². The van der Waals surface area contributed by atoms with E-state index in [2.05, 4.69) is 11.4 Å². The van der Waals surface area contributed by atoms with Gasteiger partial charge in [-0.05, 0) is 11.6 Å². The highest BCUT2D eigenvalue weighted by Crippen LogP contribution is 1.67. The molecule has 0 aliphatic heterocycles. The van der Waals surface area contributed by atoms with Crippen molar-refractivity contribution in [2.45, 2.75) is 0 Å². The Morgan fingerprint density at radius 2 is 1.83 bits per heavy atom. The number of hydrogen-bond acceptors (Lipinski definition) is 0. The van der Waals surface area contributed by atoms with Crippen LogP contribution in [0.5, 0.6) is 0 Å². The molecule has 6 heavy (non-hydrogen) atoms. The Morgan fingerprint density at radius 1 is 1.67 bits per heavy atom. The summed E-state index contributed by atoms with van der Waals surface area (Å²) in [5.41, 5.74) is 0. The number of nitrogens with zero attached hydrogens (tertiary/aromatic N) is 1. The van der Waals surface area contributed by atoms with Crippen LogP contribution >= 0.6 is 24.0 Å². The van der Waals surface area contributed by atoms with Crippen LogP contribution in [-0.2, 0) is 0 Å². The molecular formula is C2H4Cl3N. The summed E-state index contributed by atoms with van der Waals surface area (Å²) in [6, 6.07) is 0.194. The standard InChI is InChI=1S/C2H3ClN.2ClH/c1-4-2-3;;/h1H,2H2;2*1H/q+1;;/p-1. The van der Waals surface area contributed by atoms with E-state index >= 15 is 0 Å². The van der Waals surface area contributed by atoms with Crippen LogP contribution in [0.4, 0.5) is 0 Å². The normalized spacial score (nSPS) is 3.33. The molecule has 0 rings (SSSR count). The second kappa shape index (κ2) is 18.3. The molecule has 0 unspecified atom stereocenters. The molecule has 0 fully saturated rings. The Balaban J connectivity index is -0.0000000450. The molecule has 0 aliphatic carbocycles. The molecule has 0 saturated carbocycles. The van der Waals surface area contributed by atoms with E-state index in [9.17, 15) is 0 Å². The third-order valence-electron chi connectivity index (χ3n) is 0.0690. The van der Waals surface area contributed by atoms with E-state index in [1.54, 1.807) is 0 Å². The lowest BCUT2D eigenvalue weighted by molar-refractivity contribution is -0.000000962. The molecule has 0 heterocycles. The zero-order valence-corrected chi connectivity index (χ0v) is 5.22. The number of hydrogen-bond donors (Lipinski definition) is 0. The summed E-state index contributed by atoms with van der Waals surface area (Å²) in [5.74, 6) is 0. The quantitative estimate of drug-likeness (QED) is 0.293. The van der Waals surface area contributed by atoms with E-state index < -0.39 is 0 Å². The van der Waals surface area contributed by atoms with Crippen molar-refractivity contribution in [1.29, 1.82) is 0 Å². The molecule has 0 N–H and O–H groups in total. The third kappa shape index (κ3) is 26.6. The maximum absolute atomic E-state index is 4.89. The summed E-state index contributed by atoms with van der Waals surface area (Å²) in [4.78, 5) is 3.00. The molecular weight excluding hydrogens is 144 g/mol. The predicted molar refractivity (Wildman–Crippen MR) is 26.3 cm³/mol. The van der Waals surface area contributed by atoms with Gasteiger partial charge in [0.15, 0.2) is 0 Å². The summed E-state index contributed by atoms with van der Waals surface area (Å²) >= 11 is 4.89. The summed E-state index contributed by atoms with van der Waals surface area (Å²) < 4.78 is 0. The average molecular weight is 148 g/mol. The van der Waals surface area contributed by atoms with Gasteiger partial charge >= 0.3 is 6.00 Å². The second-order valence-corrected chi connectivity index (χ2v) is 0.541. The third-order valence-corrected chi connectivity index (χ3v) is 0.207. The van der Waals surface area contributed by atoms with Crippen molar-refractivity contribution in [1.82, 2.24) is 0 Å². The summed E-state index contributed by atoms with van der Waals surface area (Å²) in [5, 5.41) is 0. The van der Waals surface area contributed by atoms with E-state index in [0.29, 0.717) is 0 Å². The van der Waals surface area contributed by atoms with Crippen molar-refractivity contribution in [2.75, 3.05) is 6.00 Å². The van der Waals surface area contributed by atoms with Gasteiger partial charge in [-0.3, -0.25) is 0 Å². The lowest BCUT2D eigenvalue weighted by Gasteiger charge is -1.35. The van der Waals surface area contributed by atoms with Gasteiger partial charge in [0.1, 0.15) is 0 Å². The average Bonchev–Trinajstić information content (AvgIpc) is 1.37. The van der Waals surface area contributed by atoms with Gasteiger partial charge in [0.05, 0.1) is 0 Å². The summed E-state index contributed by atoms with van der Waals surface area (Å²) in [6.07, 6.45) is 0. The zero-order chi connectivity index (χ0) is 3.41. The van der Waals surface area contributed by atoms with Crippen molar-refractivity contribution in [3.63, 3.8) is 0 Å². The molecule has 0 radical (unpaired) electrons. The lowest BCUT2D eigenvalue weighted by atomic mass is 11.5. The van der Waals surface area contributed by atoms with Crippen LogP contribution in [0.25, 0.3) is 4.85 Å². The largest absolute Gasteiger partial charge is 1.00 e. The highest BCUT2D eigenvalue weighted by molar-refractivity contribution is 6.18. The Bertz CT molecular complexity index is 38.5. The molecule has 0 aromatic carbocycles. The fraction of sp³-hybridized carbons (Fsp3) is 0.500.